The van der Waals surface area contributed by atoms with Gasteiger partial charge in [0.05, 0.1) is 25.2 Å². The van der Waals surface area contributed by atoms with Crippen LogP contribution in [0, 0.1) is 36.6 Å². The van der Waals surface area contributed by atoms with Gasteiger partial charge >= 0.3 is 0 Å². The summed E-state index contributed by atoms with van der Waals surface area (Å²) < 4.78 is 21.4. The molecule has 31 heavy (non-hydrogen) atoms. The van der Waals surface area contributed by atoms with Crippen LogP contribution in [0.15, 0.2) is 53.7 Å². The van der Waals surface area contributed by atoms with Crippen molar-refractivity contribution >= 4 is 63.2 Å². The number of benzene rings is 2. The zero-order valence-electron chi connectivity index (χ0n) is 16.2. The number of carbonyl (C=O) groups is 2. The van der Waals surface area contributed by atoms with Crippen molar-refractivity contribution in [3.8, 4) is 5.75 Å². The van der Waals surface area contributed by atoms with Gasteiger partial charge in [0, 0.05) is 5.56 Å². The lowest BCUT2D eigenvalue weighted by Crippen LogP contribution is -2.28. The number of hydrogen-bond acceptors (Lipinski definition) is 4. The van der Waals surface area contributed by atoms with E-state index in [1.54, 1.807) is 18.2 Å². The second-order valence-electron chi connectivity index (χ2n) is 7.93. The number of nitrogens with zero attached hydrogens (tertiary/aromatic N) is 2. The lowest BCUT2D eigenvalue weighted by molar-refractivity contribution is -0.140. The van der Waals surface area contributed by atoms with Crippen LogP contribution in [-0.4, -0.2) is 23.0 Å². The summed E-state index contributed by atoms with van der Waals surface area (Å²) >= 11 is 4.31. The minimum atomic E-state index is -0.301. The van der Waals surface area contributed by atoms with Crippen molar-refractivity contribution in [3.63, 3.8) is 0 Å². The molecule has 8 heteroatoms. The smallest absolute Gasteiger partial charge is 0.254 e. The number of carbonyl (C=O) groups excluding carboxylic acids is 2. The molecule has 1 saturated carbocycles. The van der Waals surface area contributed by atoms with E-state index < -0.39 is 0 Å². The van der Waals surface area contributed by atoms with E-state index >= 15 is 0 Å². The summed E-state index contributed by atoms with van der Waals surface area (Å²) in [4.78, 5) is 25.5. The molecule has 2 amide bonds. The molecule has 5 rings (SSSR count). The zero-order chi connectivity index (χ0) is 21.7. The molecule has 5 nitrogen and oxygen atoms in total. The number of allylic oxidation sites excluding steroid dienone is 2. The van der Waals surface area contributed by atoms with E-state index in [1.165, 1.54) is 12.3 Å². The maximum atomic E-state index is 13.8. The summed E-state index contributed by atoms with van der Waals surface area (Å²) in [5, 5.41) is 5.28. The van der Waals surface area contributed by atoms with E-state index in [0.717, 1.165) is 24.1 Å². The highest BCUT2D eigenvalue weighted by atomic mass is 127. The fourth-order valence-electron chi connectivity index (χ4n) is 4.68. The predicted octanol–water partition coefficient (Wildman–Crippen LogP) is 4.75. The molecule has 0 spiro atoms. The fourth-order valence-corrected chi connectivity index (χ4v) is 6.81. The van der Waals surface area contributed by atoms with Gasteiger partial charge in [0.2, 0.25) is 0 Å². The monoisotopic (exact) mass is 642 g/mol. The molecule has 2 aliphatic carbocycles. The Bertz CT molecular complexity index is 1100. The summed E-state index contributed by atoms with van der Waals surface area (Å²) in [6, 6.07) is 10.2. The lowest BCUT2D eigenvalue weighted by Gasteiger charge is -2.13. The minimum Gasteiger partial charge on any atom is -0.487 e. The fraction of sp³-hybridized carbons (Fsp3) is 0.261. The summed E-state index contributed by atoms with van der Waals surface area (Å²) in [6.07, 6.45) is 6.57. The van der Waals surface area contributed by atoms with Crippen molar-refractivity contribution in [1.29, 1.82) is 0 Å². The van der Waals surface area contributed by atoms with Crippen LogP contribution < -0.4 is 4.74 Å². The van der Waals surface area contributed by atoms with Crippen LogP contribution in [0.5, 0.6) is 5.75 Å². The third-order valence-electron chi connectivity index (χ3n) is 6.12. The first-order valence-electron chi connectivity index (χ1n) is 9.89. The Morgan fingerprint density at radius 3 is 2.29 bits per heavy atom. The van der Waals surface area contributed by atoms with Gasteiger partial charge in [0.15, 0.2) is 0 Å². The first kappa shape index (κ1) is 21.0. The van der Waals surface area contributed by atoms with Crippen molar-refractivity contribution in [2.45, 2.75) is 13.0 Å². The van der Waals surface area contributed by atoms with E-state index in [0.29, 0.717) is 11.3 Å². The summed E-state index contributed by atoms with van der Waals surface area (Å²) in [5.74, 6) is -0.214. The first-order valence-corrected chi connectivity index (χ1v) is 12.0. The molecule has 3 aliphatic rings. The molecule has 2 bridgehead atoms. The standard InChI is InChI=1S/C23H17FI2N2O3/c24-16-4-2-1-3-15(16)11-31-21-17(25)7-12(8-18(21)26)10-27-28-22(29)19-13-5-6-14(9-13)20(19)23(28)30/h1-8,10,13-14,19-20H,9,11H2/t13-,14-,19-,20+/m0/s1. The highest BCUT2D eigenvalue weighted by molar-refractivity contribution is 14.1. The van der Waals surface area contributed by atoms with Crippen molar-refractivity contribution < 1.29 is 18.7 Å². The Balaban J connectivity index is 1.31. The van der Waals surface area contributed by atoms with Gasteiger partial charge in [-0.2, -0.15) is 10.1 Å². The average molecular weight is 642 g/mol. The van der Waals surface area contributed by atoms with Crippen molar-refractivity contribution in [2.24, 2.45) is 28.8 Å². The molecule has 158 valence electrons. The maximum Gasteiger partial charge on any atom is 0.254 e. The van der Waals surface area contributed by atoms with Gasteiger partial charge in [0.1, 0.15) is 18.2 Å². The number of rotatable bonds is 5. The molecule has 2 aromatic carbocycles. The van der Waals surface area contributed by atoms with Crippen LogP contribution in [0.2, 0.25) is 0 Å². The molecule has 0 unspecified atom stereocenters. The largest absolute Gasteiger partial charge is 0.487 e. The third-order valence-corrected chi connectivity index (χ3v) is 7.72. The van der Waals surface area contributed by atoms with Crippen molar-refractivity contribution in [2.75, 3.05) is 0 Å². The lowest BCUT2D eigenvalue weighted by atomic mass is 9.85. The quantitative estimate of drug-likeness (QED) is 0.205. The number of hydrogen-bond donors (Lipinski definition) is 0. The number of amides is 2. The van der Waals surface area contributed by atoms with Gasteiger partial charge in [-0.25, -0.2) is 4.39 Å². The summed E-state index contributed by atoms with van der Waals surface area (Å²) in [5.41, 5.74) is 1.24. The summed E-state index contributed by atoms with van der Waals surface area (Å²) in [7, 11) is 0. The molecular weight excluding hydrogens is 625 g/mol. The molecule has 0 aromatic heterocycles. The Hall–Kier alpha value is -1.82. The van der Waals surface area contributed by atoms with E-state index in [2.05, 4.69) is 62.4 Å². The van der Waals surface area contributed by atoms with Crippen LogP contribution in [0.25, 0.3) is 0 Å². The molecule has 1 heterocycles. The minimum absolute atomic E-state index is 0.127. The molecule has 0 radical (unpaired) electrons. The third kappa shape index (κ3) is 3.71. The van der Waals surface area contributed by atoms with Gasteiger partial charge in [0.25, 0.3) is 11.8 Å². The second kappa shape index (κ2) is 8.27. The van der Waals surface area contributed by atoms with E-state index in [9.17, 15) is 14.0 Å². The van der Waals surface area contributed by atoms with Crippen LogP contribution in [0.4, 0.5) is 4.39 Å². The van der Waals surface area contributed by atoms with Crippen molar-refractivity contribution in [3.05, 3.63) is 72.6 Å². The molecular formula is C23H17FI2N2O3. The zero-order valence-corrected chi connectivity index (χ0v) is 20.5. The number of fused-ring (bicyclic) bond motifs is 5. The van der Waals surface area contributed by atoms with E-state index in [4.69, 9.17) is 4.74 Å². The molecule has 0 N–H and O–H groups in total. The normalized spacial score (nSPS) is 26.4. The number of ether oxygens (including phenoxy) is 1. The molecule has 2 fully saturated rings. The Kier molecular flexibility index (Phi) is 5.61. The van der Waals surface area contributed by atoms with Crippen LogP contribution in [0.1, 0.15) is 17.5 Å². The van der Waals surface area contributed by atoms with Crippen LogP contribution in [0.3, 0.4) is 0 Å². The highest BCUT2D eigenvalue weighted by Gasteiger charge is 2.59. The van der Waals surface area contributed by atoms with Crippen molar-refractivity contribution in [1.82, 2.24) is 5.01 Å². The van der Waals surface area contributed by atoms with Gasteiger partial charge < -0.3 is 4.74 Å². The number of imide groups is 1. The molecule has 4 atom stereocenters. The molecule has 2 aromatic rings. The number of hydrazone groups is 1. The first-order chi connectivity index (χ1) is 14.9. The predicted molar refractivity (Wildman–Crippen MR) is 130 cm³/mol. The van der Waals surface area contributed by atoms with E-state index in [1.807, 2.05) is 12.1 Å². The Labute approximate surface area is 206 Å². The summed E-state index contributed by atoms with van der Waals surface area (Å²) in [6.45, 7) is 0.127. The highest BCUT2D eigenvalue weighted by Crippen LogP contribution is 2.52. The van der Waals surface area contributed by atoms with Gasteiger partial charge in [-0.1, -0.05) is 30.4 Å². The van der Waals surface area contributed by atoms with Gasteiger partial charge in [-0.15, -0.1) is 0 Å². The topological polar surface area (TPSA) is 59.0 Å². The molecule has 1 aliphatic heterocycles. The SMILES string of the molecule is O=C1[C@@H]2[C@H](C(=O)N1N=Cc1cc(I)c(OCc3ccccc3F)c(I)c1)[C@H]1C=C[C@H]2C1. The van der Waals surface area contributed by atoms with Gasteiger partial charge in [-0.05, 0) is 87.2 Å². The average Bonchev–Trinajstić information content (AvgIpc) is 3.41. The van der Waals surface area contributed by atoms with Crippen LogP contribution in [-0.2, 0) is 16.2 Å². The second-order valence-corrected chi connectivity index (χ2v) is 10.3. The van der Waals surface area contributed by atoms with Gasteiger partial charge in [-0.3, -0.25) is 9.59 Å². The maximum absolute atomic E-state index is 13.8. The molecule has 1 saturated heterocycles. The Morgan fingerprint density at radius 2 is 1.68 bits per heavy atom. The number of halogens is 3. The van der Waals surface area contributed by atoms with E-state index in [-0.39, 0.29) is 47.9 Å². The Morgan fingerprint density at radius 1 is 1.06 bits per heavy atom. The van der Waals surface area contributed by atoms with Crippen LogP contribution >= 0.6 is 45.2 Å².